The van der Waals surface area contributed by atoms with Gasteiger partial charge in [0.2, 0.25) is 0 Å². The molecule has 0 aliphatic heterocycles. The fraction of sp³-hybridized carbons (Fsp3) is 0.188. The number of benzene rings is 2. The number of amides is 1. The van der Waals surface area contributed by atoms with Crippen molar-refractivity contribution in [1.82, 2.24) is 0 Å². The predicted octanol–water partition coefficient (Wildman–Crippen LogP) is 3.78. The van der Waals surface area contributed by atoms with E-state index in [2.05, 4.69) is 21.2 Å². The zero-order valence-corrected chi connectivity index (χ0v) is 13.4. The lowest BCUT2D eigenvalue weighted by Gasteiger charge is -2.10. The van der Waals surface area contributed by atoms with Gasteiger partial charge in [0.1, 0.15) is 11.5 Å². The number of rotatable bonds is 5. The molecule has 0 atom stereocenters. The van der Waals surface area contributed by atoms with Gasteiger partial charge in [-0.15, -0.1) is 0 Å². The molecule has 2 aromatic carbocycles. The van der Waals surface area contributed by atoms with E-state index in [4.69, 9.17) is 9.47 Å². The van der Waals surface area contributed by atoms with E-state index in [-0.39, 0.29) is 12.5 Å². The number of anilines is 1. The number of nitrogens with one attached hydrogen (secondary N) is 1. The molecular weight excluding hydrogens is 334 g/mol. The molecule has 0 fully saturated rings. The highest BCUT2D eigenvalue weighted by Crippen LogP contribution is 2.20. The number of ether oxygens (including phenoxy) is 2. The van der Waals surface area contributed by atoms with Gasteiger partial charge in [-0.05, 0) is 55.0 Å². The molecule has 0 saturated heterocycles. The summed E-state index contributed by atoms with van der Waals surface area (Å²) >= 11 is 3.39. The van der Waals surface area contributed by atoms with E-state index in [1.807, 2.05) is 25.1 Å². The summed E-state index contributed by atoms with van der Waals surface area (Å²) < 4.78 is 11.5. The zero-order chi connectivity index (χ0) is 15.2. The fourth-order valence-electron chi connectivity index (χ4n) is 1.77. The number of carbonyl (C=O) groups excluding carboxylic acids is 1. The van der Waals surface area contributed by atoms with Gasteiger partial charge in [-0.1, -0.05) is 15.9 Å². The summed E-state index contributed by atoms with van der Waals surface area (Å²) in [6, 6.07) is 12.8. The van der Waals surface area contributed by atoms with E-state index in [0.29, 0.717) is 5.75 Å². The molecule has 110 valence electrons. The van der Waals surface area contributed by atoms with Crippen molar-refractivity contribution in [3.05, 3.63) is 52.5 Å². The summed E-state index contributed by atoms with van der Waals surface area (Å²) in [5.74, 6) is 1.17. The average Bonchev–Trinajstić information content (AvgIpc) is 2.48. The Morgan fingerprint density at radius 3 is 2.43 bits per heavy atom. The van der Waals surface area contributed by atoms with Crippen LogP contribution in [0.3, 0.4) is 0 Å². The van der Waals surface area contributed by atoms with E-state index < -0.39 is 0 Å². The van der Waals surface area contributed by atoms with Crippen LogP contribution in [0, 0.1) is 6.92 Å². The minimum absolute atomic E-state index is 0.0398. The first-order chi connectivity index (χ1) is 10.1. The van der Waals surface area contributed by atoms with E-state index in [1.54, 1.807) is 31.4 Å². The lowest BCUT2D eigenvalue weighted by atomic mass is 10.2. The Kier molecular flexibility index (Phi) is 5.22. The van der Waals surface area contributed by atoms with Gasteiger partial charge in [-0.2, -0.15) is 0 Å². The zero-order valence-electron chi connectivity index (χ0n) is 11.9. The SMILES string of the molecule is COc1ccc(OCC(=O)Nc2ccc(Br)cc2C)cc1. The maximum atomic E-state index is 11.9. The number of hydrogen-bond donors (Lipinski definition) is 1. The quantitative estimate of drug-likeness (QED) is 0.893. The van der Waals surface area contributed by atoms with E-state index in [0.717, 1.165) is 21.5 Å². The van der Waals surface area contributed by atoms with Gasteiger partial charge in [0.15, 0.2) is 6.61 Å². The highest BCUT2D eigenvalue weighted by atomic mass is 79.9. The van der Waals surface area contributed by atoms with E-state index in [1.165, 1.54) is 0 Å². The molecule has 4 nitrogen and oxygen atoms in total. The van der Waals surface area contributed by atoms with E-state index >= 15 is 0 Å². The third-order valence-corrected chi connectivity index (χ3v) is 3.39. The Morgan fingerprint density at radius 2 is 1.81 bits per heavy atom. The molecule has 2 rings (SSSR count). The van der Waals surface area contributed by atoms with Crippen molar-refractivity contribution in [2.75, 3.05) is 19.0 Å². The maximum absolute atomic E-state index is 11.9. The second-order valence-corrected chi connectivity index (χ2v) is 5.39. The monoisotopic (exact) mass is 349 g/mol. The number of carbonyl (C=O) groups is 1. The first-order valence-corrected chi connectivity index (χ1v) is 7.20. The van der Waals surface area contributed by atoms with Crippen LogP contribution in [0.25, 0.3) is 0 Å². The molecule has 5 heteroatoms. The van der Waals surface area contributed by atoms with Crippen molar-refractivity contribution >= 4 is 27.5 Å². The van der Waals surface area contributed by atoms with Crippen molar-refractivity contribution in [1.29, 1.82) is 0 Å². The first kappa shape index (κ1) is 15.4. The summed E-state index contributed by atoms with van der Waals surface area (Å²) in [7, 11) is 1.60. The van der Waals surface area contributed by atoms with Gasteiger partial charge in [0.05, 0.1) is 7.11 Å². The van der Waals surface area contributed by atoms with E-state index in [9.17, 15) is 4.79 Å². The molecular formula is C16H16BrNO3. The molecule has 0 saturated carbocycles. The van der Waals surface area contributed by atoms with Crippen LogP contribution in [0.1, 0.15) is 5.56 Å². The summed E-state index contributed by atoms with van der Waals surface area (Å²) in [5, 5.41) is 2.82. The molecule has 1 N–H and O–H groups in total. The van der Waals surface area contributed by atoms with Crippen molar-refractivity contribution < 1.29 is 14.3 Å². The van der Waals surface area contributed by atoms with Crippen LogP contribution in [-0.2, 0) is 4.79 Å². The van der Waals surface area contributed by atoms with Crippen LogP contribution >= 0.6 is 15.9 Å². The van der Waals surface area contributed by atoms with Crippen LogP contribution in [-0.4, -0.2) is 19.6 Å². The largest absolute Gasteiger partial charge is 0.497 e. The summed E-state index contributed by atoms with van der Waals surface area (Å²) in [4.78, 5) is 11.9. The Hall–Kier alpha value is -2.01. The average molecular weight is 350 g/mol. The maximum Gasteiger partial charge on any atom is 0.262 e. The fourth-order valence-corrected chi connectivity index (χ4v) is 2.25. The lowest BCUT2D eigenvalue weighted by Crippen LogP contribution is -2.20. The van der Waals surface area contributed by atoms with Gasteiger partial charge in [-0.25, -0.2) is 0 Å². The highest BCUT2D eigenvalue weighted by molar-refractivity contribution is 9.10. The van der Waals surface area contributed by atoms with Crippen LogP contribution in [0.15, 0.2) is 46.9 Å². The van der Waals surface area contributed by atoms with Crippen molar-refractivity contribution in [2.45, 2.75) is 6.92 Å². The number of aryl methyl sites for hydroxylation is 1. The molecule has 21 heavy (non-hydrogen) atoms. The third kappa shape index (κ3) is 4.49. The van der Waals surface area contributed by atoms with Gasteiger partial charge in [0, 0.05) is 10.2 Å². The minimum atomic E-state index is -0.198. The topological polar surface area (TPSA) is 47.6 Å². The predicted molar refractivity (Wildman–Crippen MR) is 86.0 cm³/mol. The Balaban J connectivity index is 1.89. The Labute approximate surface area is 132 Å². The van der Waals surface area contributed by atoms with Crippen LogP contribution < -0.4 is 14.8 Å². The van der Waals surface area contributed by atoms with Crippen LogP contribution in [0.2, 0.25) is 0 Å². The summed E-state index contributed by atoms with van der Waals surface area (Å²) in [6.07, 6.45) is 0. The van der Waals surface area contributed by atoms with Crippen molar-refractivity contribution in [3.8, 4) is 11.5 Å². The number of methoxy groups -OCH3 is 1. The van der Waals surface area contributed by atoms with Crippen LogP contribution in [0.5, 0.6) is 11.5 Å². The molecule has 0 spiro atoms. The Morgan fingerprint density at radius 1 is 1.14 bits per heavy atom. The molecule has 1 amide bonds. The molecule has 2 aromatic rings. The smallest absolute Gasteiger partial charge is 0.262 e. The lowest BCUT2D eigenvalue weighted by molar-refractivity contribution is -0.118. The minimum Gasteiger partial charge on any atom is -0.497 e. The molecule has 0 unspecified atom stereocenters. The van der Waals surface area contributed by atoms with Crippen molar-refractivity contribution in [3.63, 3.8) is 0 Å². The molecule has 0 bridgehead atoms. The normalized spacial score (nSPS) is 10.0. The van der Waals surface area contributed by atoms with Gasteiger partial charge in [-0.3, -0.25) is 4.79 Å². The van der Waals surface area contributed by atoms with Crippen LogP contribution in [0.4, 0.5) is 5.69 Å². The number of halogens is 1. The second kappa shape index (κ2) is 7.13. The highest BCUT2D eigenvalue weighted by Gasteiger charge is 2.06. The summed E-state index contributed by atoms with van der Waals surface area (Å²) in [5.41, 5.74) is 1.77. The van der Waals surface area contributed by atoms with Gasteiger partial charge >= 0.3 is 0 Å². The summed E-state index contributed by atoms with van der Waals surface area (Å²) in [6.45, 7) is 1.90. The van der Waals surface area contributed by atoms with Crippen molar-refractivity contribution in [2.24, 2.45) is 0 Å². The first-order valence-electron chi connectivity index (χ1n) is 6.41. The molecule has 0 heterocycles. The third-order valence-electron chi connectivity index (χ3n) is 2.89. The molecule has 0 aliphatic carbocycles. The Bertz CT molecular complexity index is 626. The number of hydrogen-bond acceptors (Lipinski definition) is 3. The second-order valence-electron chi connectivity index (χ2n) is 4.47. The molecule has 0 aliphatic rings. The molecule has 0 radical (unpaired) electrons. The van der Waals surface area contributed by atoms with Gasteiger partial charge < -0.3 is 14.8 Å². The standard InChI is InChI=1S/C16H16BrNO3/c1-11-9-12(17)3-8-15(11)18-16(19)10-21-14-6-4-13(20-2)5-7-14/h3-9H,10H2,1-2H3,(H,18,19). The molecule has 0 aromatic heterocycles. The van der Waals surface area contributed by atoms with Gasteiger partial charge in [0.25, 0.3) is 5.91 Å².